The van der Waals surface area contributed by atoms with Crippen LogP contribution in [-0.4, -0.2) is 22.8 Å². The summed E-state index contributed by atoms with van der Waals surface area (Å²) in [5.41, 5.74) is 0.409. The van der Waals surface area contributed by atoms with Crippen LogP contribution in [-0.2, 0) is 0 Å². The Hall–Kier alpha value is -1.62. The van der Waals surface area contributed by atoms with Crippen LogP contribution < -0.4 is 5.32 Å². The van der Waals surface area contributed by atoms with E-state index in [0.29, 0.717) is 18.0 Å². The minimum atomic E-state index is -0.484. The number of halogens is 1. The lowest BCUT2D eigenvalue weighted by Gasteiger charge is -2.27. The lowest BCUT2D eigenvalue weighted by molar-refractivity contribution is -0.384. The van der Waals surface area contributed by atoms with Crippen LogP contribution in [0.3, 0.4) is 0 Å². The van der Waals surface area contributed by atoms with Crippen molar-refractivity contribution in [3.8, 4) is 0 Å². The number of nitro benzene ring substituents is 1. The van der Waals surface area contributed by atoms with Gasteiger partial charge in [0.15, 0.2) is 0 Å². The van der Waals surface area contributed by atoms with E-state index in [0.717, 1.165) is 25.7 Å². The van der Waals surface area contributed by atoms with Gasteiger partial charge in [-0.1, -0.05) is 12.8 Å². The molecule has 2 rings (SSSR count). The molecule has 1 N–H and O–H groups in total. The number of rotatable bonds is 4. The van der Waals surface area contributed by atoms with Gasteiger partial charge in [0.1, 0.15) is 0 Å². The predicted octanol–water partition coefficient (Wildman–Crippen LogP) is 3.12. The Balaban J connectivity index is 1.89. The molecule has 1 aromatic carbocycles. The summed E-state index contributed by atoms with van der Waals surface area (Å²) in [6.07, 6.45) is 4.34. The van der Waals surface area contributed by atoms with Crippen LogP contribution in [0.4, 0.5) is 5.69 Å². The number of carbonyl (C=O) groups is 1. The Kier molecular flexibility index (Phi) is 4.95. The maximum Gasteiger partial charge on any atom is 0.269 e. The minimum Gasteiger partial charge on any atom is -0.352 e. The largest absolute Gasteiger partial charge is 0.352 e. The third kappa shape index (κ3) is 3.70. The Labute approximate surface area is 122 Å². The fourth-order valence-corrected chi connectivity index (χ4v) is 2.82. The zero-order valence-electron chi connectivity index (χ0n) is 11.0. The molecule has 1 aliphatic carbocycles. The molecule has 1 aliphatic rings. The third-order valence-corrected chi connectivity index (χ3v) is 4.26. The Morgan fingerprint density at radius 3 is 2.55 bits per heavy atom. The van der Waals surface area contributed by atoms with Gasteiger partial charge in [-0.25, -0.2) is 0 Å². The maximum absolute atomic E-state index is 12.0. The molecule has 0 radical (unpaired) electrons. The Morgan fingerprint density at radius 2 is 1.95 bits per heavy atom. The van der Waals surface area contributed by atoms with E-state index in [1.807, 2.05) is 0 Å². The molecule has 0 bridgehead atoms. The molecule has 20 heavy (non-hydrogen) atoms. The molecule has 2 unspecified atom stereocenters. The first-order valence-electron chi connectivity index (χ1n) is 6.74. The lowest BCUT2D eigenvalue weighted by atomic mass is 9.88. The molecule has 1 aromatic rings. The second-order valence-corrected chi connectivity index (χ2v) is 5.64. The summed E-state index contributed by atoms with van der Waals surface area (Å²) in [6.45, 7) is 0.560. The van der Waals surface area contributed by atoms with Crippen molar-refractivity contribution in [2.24, 2.45) is 5.92 Å². The van der Waals surface area contributed by atoms with Gasteiger partial charge in [-0.2, -0.15) is 0 Å². The summed E-state index contributed by atoms with van der Waals surface area (Å²) in [7, 11) is 0. The highest BCUT2D eigenvalue weighted by molar-refractivity contribution is 6.20. The number of nitro groups is 1. The fraction of sp³-hybridized carbons (Fsp3) is 0.500. The van der Waals surface area contributed by atoms with Gasteiger partial charge in [0.05, 0.1) is 4.92 Å². The zero-order chi connectivity index (χ0) is 14.5. The number of hydrogen-bond donors (Lipinski definition) is 1. The molecule has 1 fully saturated rings. The van der Waals surface area contributed by atoms with Gasteiger partial charge >= 0.3 is 0 Å². The first-order chi connectivity index (χ1) is 9.58. The van der Waals surface area contributed by atoms with Crippen LogP contribution in [0, 0.1) is 16.0 Å². The van der Waals surface area contributed by atoms with Gasteiger partial charge in [-0.3, -0.25) is 14.9 Å². The zero-order valence-corrected chi connectivity index (χ0v) is 11.8. The second kappa shape index (κ2) is 6.70. The van der Waals surface area contributed by atoms with Crippen LogP contribution in [0.15, 0.2) is 24.3 Å². The first kappa shape index (κ1) is 14.8. The van der Waals surface area contributed by atoms with E-state index in [1.54, 1.807) is 0 Å². The van der Waals surface area contributed by atoms with Crippen molar-refractivity contribution in [3.63, 3.8) is 0 Å². The van der Waals surface area contributed by atoms with Gasteiger partial charge in [0.2, 0.25) is 0 Å². The average molecular weight is 297 g/mol. The monoisotopic (exact) mass is 296 g/mol. The van der Waals surface area contributed by atoms with Crippen LogP contribution in [0.5, 0.6) is 0 Å². The normalized spacial score (nSPS) is 22.2. The second-order valence-electron chi connectivity index (χ2n) is 5.07. The highest BCUT2D eigenvalue weighted by Gasteiger charge is 2.23. The number of benzene rings is 1. The SMILES string of the molecule is O=C(NCC1CCCCC1Cl)c1ccc([N+](=O)[O-])cc1. The van der Waals surface area contributed by atoms with Crippen LogP contribution in [0.25, 0.3) is 0 Å². The smallest absolute Gasteiger partial charge is 0.269 e. The van der Waals surface area contributed by atoms with Crippen molar-refractivity contribution in [1.82, 2.24) is 5.32 Å². The molecular formula is C14H17ClN2O3. The van der Waals surface area contributed by atoms with E-state index in [2.05, 4.69) is 5.32 Å². The van der Waals surface area contributed by atoms with Gasteiger partial charge in [0, 0.05) is 29.6 Å². The molecule has 1 saturated carbocycles. The van der Waals surface area contributed by atoms with Gasteiger partial charge < -0.3 is 5.32 Å². The molecule has 0 saturated heterocycles. The van der Waals surface area contributed by atoms with Gasteiger partial charge in [-0.05, 0) is 30.9 Å². The number of amides is 1. The van der Waals surface area contributed by atoms with E-state index in [9.17, 15) is 14.9 Å². The minimum absolute atomic E-state index is 0.0188. The van der Waals surface area contributed by atoms with E-state index >= 15 is 0 Å². The van der Waals surface area contributed by atoms with Crippen molar-refractivity contribution in [2.45, 2.75) is 31.1 Å². The number of alkyl halides is 1. The van der Waals surface area contributed by atoms with Crippen LogP contribution in [0.1, 0.15) is 36.0 Å². The van der Waals surface area contributed by atoms with Crippen LogP contribution in [0.2, 0.25) is 0 Å². The van der Waals surface area contributed by atoms with E-state index < -0.39 is 4.92 Å². The molecular weight excluding hydrogens is 280 g/mol. The summed E-state index contributed by atoms with van der Waals surface area (Å²) in [5, 5.41) is 13.5. The fourth-order valence-electron chi connectivity index (χ4n) is 2.45. The van der Waals surface area contributed by atoms with E-state index in [4.69, 9.17) is 11.6 Å². The number of hydrogen-bond acceptors (Lipinski definition) is 3. The standard InChI is InChI=1S/C14H17ClN2O3/c15-13-4-2-1-3-11(13)9-16-14(18)10-5-7-12(8-6-10)17(19)20/h5-8,11,13H,1-4,9H2,(H,16,18). The predicted molar refractivity (Wildman–Crippen MR) is 77.0 cm³/mol. The summed E-state index contributed by atoms with van der Waals surface area (Å²) in [5.74, 6) is 0.0988. The molecule has 0 heterocycles. The molecule has 1 amide bonds. The molecule has 108 valence electrons. The van der Waals surface area contributed by atoms with Crippen molar-refractivity contribution in [2.75, 3.05) is 6.54 Å². The number of nitrogens with one attached hydrogen (secondary N) is 1. The molecule has 6 heteroatoms. The molecule has 2 atom stereocenters. The van der Waals surface area contributed by atoms with Gasteiger partial charge in [-0.15, -0.1) is 11.6 Å². The first-order valence-corrected chi connectivity index (χ1v) is 7.18. The summed E-state index contributed by atoms with van der Waals surface area (Å²) in [6, 6.07) is 5.60. The quantitative estimate of drug-likeness (QED) is 0.527. The van der Waals surface area contributed by atoms with Crippen molar-refractivity contribution >= 4 is 23.2 Å². The van der Waals surface area contributed by atoms with Crippen molar-refractivity contribution < 1.29 is 9.72 Å². The number of carbonyl (C=O) groups excluding carboxylic acids is 1. The van der Waals surface area contributed by atoms with E-state index in [-0.39, 0.29) is 17.0 Å². The third-order valence-electron chi connectivity index (χ3n) is 3.68. The maximum atomic E-state index is 12.0. The highest BCUT2D eigenvalue weighted by Crippen LogP contribution is 2.28. The Morgan fingerprint density at radius 1 is 1.30 bits per heavy atom. The van der Waals surface area contributed by atoms with Gasteiger partial charge in [0.25, 0.3) is 11.6 Å². The van der Waals surface area contributed by atoms with Crippen molar-refractivity contribution in [1.29, 1.82) is 0 Å². The van der Waals surface area contributed by atoms with Crippen LogP contribution >= 0.6 is 11.6 Å². The highest BCUT2D eigenvalue weighted by atomic mass is 35.5. The number of non-ortho nitro benzene ring substituents is 1. The molecule has 0 spiro atoms. The summed E-state index contributed by atoms with van der Waals surface area (Å²) in [4.78, 5) is 22.0. The molecule has 0 aliphatic heterocycles. The Bertz CT molecular complexity index is 490. The summed E-state index contributed by atoms with van der Waals surface area (Å²) >= 11 is 6.24. The van der Waals surface area contributed by atoms with Crippen molar-refractivity contribution in [3.05, 3.63) is 39.9 Å². The topological polar surface area (TPSA) is 72.2 Å². The lowest BCUT2D eigenvalue weighted by Crippen LogP contribution is -2.34. The molecule has 5 nitrogen and oxygen atoms in total. The molecule has 0 aromatic heterocycles. The number of nitrogens with zero attached hydrogens (tertiary/aromatic N) is 1. The summed E-state index contributed by atoms with van der Waals surface area (Å²) < 4.78 is 0. The van der Waals surface area contributed by atoms with E-state index in [1.165, 1.54) is 24.3 Å². The average Bonchev–Trinajstić information content (AvgIpc) is 2.46.